The van der Waals surface area contributed by atoms with Crippen LogP contribution in [0.3, 0.4) is 0 Å². The van der Waals surface area contributed by atoms with Crippen molar-refractivity contribution in [1.82, 2.24) is 9.97 Å². The van der Waals surface area contributed by atoms with Gasteiger partial charge in [0.1, 0.15) is 0 Å². The normalized spacial score (nSPS) is 13.8. The van der Waals surface area contributed by atoms with E-state index in [1.165, 1.54) is 11.3 Å². The molecule has 2 amide bonds. The van der Waals surface area contributed by atoms with Gasteiger partial charge in [-0.25, -0.2) is 9.78 Å². The maximum atomic E-state index is 13.0. The second kappa shape index (κ2) is 10.1. The molecule has 1 aromatic carbocycles. The average molecular weight is 453 g/mol. The summed E-state index contributed by atoms with van der Waals surface area (Å²) in [7, 11) is 0. The quantitative estimate of drug-likeness (QED) is 0.331. The summed E-state index contributed by atoms with van der Waals surface area (Å²) in [6.45, 7) is 1.95. The number of nitrogens with one attached hydrogen (secondary N) is 2. The molecule has 0 unspecified atom stereocenters. The molecular formula is C23H24N4O2S2. The van der Waals surface area contributed by atoms with Crippen molar-refractivity contribution in [2.75, 3.05) is 10.6 Å². The molecule has 4 rings (SSSR count). The number of anilines is 2. The molecule has 0 radical (unpaired) electrons. The standard InChI is InChI=1S/C23H24N4O2S2/c1-15-8-9-20(19(11-15)21(28)16-5-2-3-6-16)26-22(29)27-23-25-13-18(31-23)14-30-17-7-4-10-24-12-17/h4,7-13,16H,2-3,5-6,14H2,1H3,(H2,25,26,27,29). The van der Waals surface area contributed by atoms with E-state index >= 15 is 0 Å². The highest BCUT2D eigenvalue weighted by Crippen LogP contribution is 2.31. The molecule has 0 bridgehead atoms. The van der Waals surface area contributed by atoms with Crippen LogP contribution in [0, 0.1) is 12.8 Å². The van der Waals surface area contributed by atoms with Gasteiger partial charge in [-0.2, -0.15) is 0 Å². The van der Waals surface area contributed by atoms with Gasteiger partial charge in [-0.1, -0.05) is 24.5 Å². The van der Waals surface area contributed by atoms with Gasteiger partial charge in [0.15, 0.2) is 10.9 Å². The number of thiazole rings is 1. The monoisotopic (exact) mass is 452 g/mol. The van der Waals surface area contributed by atoms with Gasteiger partial charge < -0.3 is 5.32 Å². The number of benzene rings is 1. The number of thioether (sulfide) groups is 1. The Labute approximate surface area is 189 Å². The van der Waals surface area contributed by atoms with E-state index in [0.29, 0.717) is 16.4 Å². The predicted octanol–water partition coefficient (Wildman–Crippen LogP) is 6.16. The van der Waals surface area contributed by atoms with Crippen LogP contribution >= 0.6 is 23.1 Å². The molecule has 3 aromatic rings. The van der Waals surface area contributed by atoms with Crippen molar-refractivity contribution in [3.63, 3.8) is 0 Å². The maximum Gasteiger partial charge on any atom is 0.325 e. The fourth-order valence-corrected chi connectivity index (χ4v) is 5.36. The van der Waals surface area contributed by atoms with Crippen LogP contribution in [0.15, 0.2) is 53.8 Å². The van der Waals surface area contributed by atoms with Crippen molar-refractivity contribution in [3.05, 3.63) is 64.9 Å². The summed E-state index contributed by atoms with van der Waals surface area (Å²) in [5.41, 5.74) is 2.14. The molecule has 1 saturated carbocycles. The van der Waals surface area contributed by atoms with Crippen molar-refractivity contribution in [3.8, 4) is 0 Å². The van der Waals surface area contributed by atoms with E-state index in [1.54, 1.807) is 30.2 Å². The van der Waals surface area contributed by atoms with Gasteiger partial charge in [-0.05, 0) is 44.0 Å². The number of aromatic nitrogens is 2. The first-order valence-corrected chi connectivity index (χ1v) is 12.1. The lowest BCUT2D eigenvalue weighted by atomic mass is 9.94. The summed E-state index contributed by atoms with van der Waals surface area (Å²) in [5, 5.41) is 6.15. The van der Waals surface area contributed by atoms with Gasteiger partial charge in [-0.15, -0.1) is 23.1 Å². The predicted molar refractivity (Wildman–Crippen MR) is 126 cm³/mol. The van der Waals surface area contributed by atoms with Crippen LogP contribution in [0.4, 0.5) is 15.6 Å². The van der Waals surface area contributed by atoms with Crippen molar-refractivity contribution in [2.24, 2.45) is 5.92 Å². The molecule has 8 heteroatoms. The molecule has 0 atom stereocenters. The van der Waals surface area contributed by atoms with Crippen LogP contribution in [0.5, 0.6) is 0 Å². The topological polar surface area (TPSA) is 84.0 Å². The van der Waals surface area contributed by atoms with E-state index in [2.05, 4.69) is 20.6 Å². The molecule has 2 heterocycles. The minimum Gasteiger partial charge on any atom is -0.307 e. The number of urea groups is 1. The van der Waals surface area contributed by atoms with E-state index < -0.39 is 6.03 Å². The summed E-state index contributed by atoms with van der Waals surface area (Å²) in [6, 6.07) is 9.09. The Morgan fingerprint density at radius 3 is 2.77 bits per heavy atom. The lowest BCUT2D eigenvalue weighted by Gasteiger charge is -2.14. The van der Waals surface area contributed by atoms with Crippen LogP contribution in [-0.4, -0.2) is 21.8 Å². The fraction of sp³-hybridized carbons (Fsp3) is 0.304. The van der Waals surface area contributed by atoms with E-state index in [-0.39, 0.29) is 11.7 Å². The number of Topliss-reactive ketones (excluding diaryl/α,β-unsaturated/α-hetero) is 1. The minimum atomic E-state index is -0.398. The maximum absolute atomic E-state index is 13.0. The molecule has 1 aliphatic rings. The molecule has 2 N–H and O–H groups in total. The Bertz CT molecular complexity index is 1060. The number of rotatable bonds is 7. The van der Waals surface area contributed by atoms with Crippen LogP contribution in [0.1, 0.15) is 46.5 Å². The van der Waals surface area contributed by atoms with E-state index in [4.69, 9.17) is 0 Å². The zero-order valence-corrected chi connectivity index (χ0v) is 18.9. The van der Waals surface area contributed by atoms with E-state index in [0.717, 1.165) is 46.8 Å². The summed E-state index contributed by atoms with van der Waals surface area (Å²) in [4.78, 5) is 36.1. The first-order chi connectivity index (χ1) is 15.1. The summed E-state index contributed by atoms with van der Waals surface area (Å²) in [5.74, 6) is 0.940. The van der Waals surface area contributed by atoms with Gasteiger partial charge in [-0.3, -0.25) is 15.1 Å². The summed E-state index contributed by atoms with van der Waals surface area (Å²) in [6.07, 6.45) is 9.38. The van der Waals surface area contributed by atoms with Gasteiger partial charge >= 0.3 is 6.03 Å². The Morgan fingerprint density at radius 2 is 2.00 bits per heavy atom. The molecular weight excluding hydrogens is 428 g/mol. The number of pyridine rings is 1. The molecule has 0 aliphatic heterocycles. The third-order valence-corrected chi connectivity index (χ3v) is 7.33. The lowest BCUT2D eigenvalue weighted by Crippen LogP contribution is -2.22. The number of nitrogens with zero attached hydrogens (tertiary/aromatic N) is 2. The lowest BCUT2D eigenvalue weighted by molar-refractivity contribution is 0.0923. The van der Waals surface area contributed by atoms with Crippen molar-refractivity contribution < 1.29 is 9.59 Å². The van der Waals surface area contributed by atoms with E-state index in [1.807, 2.05) is 37.4 Å². The fourth-order valence-electron chi connectivity index (χ4n) is 3.65. The zero-order valence-electron chi connectivity index (χ0n) is 17.3. The van der Waals surface area contributed by atoms with Gasteiger partial charge in [0, 0.05) is 45.6 Å². The molecule has 2 aromatic heterocycles. The number of hydrogen-bond acceptors (Lipinski definition) is 6. The zero-order chi connectivity index (χ0) is 21.6. The average Bonchev–Trinajstić information content (AvgIpc) is 3.46. The number of aryl methyl sites for hydroxylation is 1. The third-order valence-electron chi connectivity index (χ3n) is 5.20. The molecule has 0 spiro atoms. The van der Waals surface area contributed by atoms with Crippen LogP contribution in [0.2, 0.25) is 0 Å². The van der Waals surface area contributed by atoms with Crippen LogP contribution in [0.25, 0.3) is 0 Å². The highest BCUT2D eigenvalue weighted by Gasteiger charge is 2.26. The molecule has 0 saturated heterocycles. The number of hydrogen-bond donors (Lipinski definition) is 2. The smallest absolute Gasteiger partial charge is 0.307 e. The highest BCUT2D eigenvalue weighted by molar-refractivity contribution is 7.98. The van der Waals surface area contributed by atoms with Crippen molar-refractivity contribution in [1.29, 1.82) is 0 Å². The highest BCUT2D eigenvalue weighted by atomic mass is 32.2. The third kappa shape index (κ3) is 5.71. The summed E-state index contributed by atoms with van der Waals surface area (Å²) < 4.78 is 0. The number of amides is 2. The first kappa shape index (κ1) is 21.5. The number of carbonyl (C=O) groups excluding carboxylic acids is 2. The van der Waals surface area contributed by atoms with Crippen molar-refractivity contribution >= 4 is 45.7 Å². The SMILES string of the molecule is Cc1ccc(NC(=O)Nc2ncc(CSc3cccnc3)s2)c(C(=O)C2CCCC2)c1. The van der Waals surface area contributed by atoms with Crippen LogP contribution < -0.4 is 10.6 Å². The molecule has 31 heavy (non-hydrogen) atoms. The van der Waals surface area contributed by atoms with E-state index in [9.17, 15) is 9.59 Å². The molecule has 1 aliphatic carbocycles. The Kier molecular flexibility index (Phi) is 6.99. The second-order valence-electron chi connectivity index (χ2n) is 7.58. The van der Waals surface area contributed by atoms with Crippen LogP contribution in [-0.2, 0) is 5.75 Å². The second-order valence-corrected chi connectivity index (χ2v) is 9.75. The number of carbonyl (C=O) groups is 2. The largest absolute Gasteiger partial charge is 0.325 e. The van der Waals surface area contributed by atoms with Gasteiger partial charge in [0.05, 0.1) is 5.69 Å². The Morgan fingerprint density at radius 1 is 1.16 bits per heavy atom. The Balaban J connectivity index is 1.38. The Hall–Kier alpha value is -2.71. The van der Waals surface area contributed by atoms with Gasteiger partial charge in [0.2, 0.25) is 0 Å². The number of ketones is 1. The minimum absolute atomic E-state index is 0.0595. The molecule has 1 fully saturated rings. The first-order valence-electron chi connectivity index (χ1n) is 10.3. The molecule has 160 valence electrons. The summed E-state index contributed by atoms with van der Waals surface area (Å²) >= 11 is 3.10. The van der Waals surface area contributed by atoms with Gasteiger partial charge in [0.25, 0.3) is 0 Å². The van der Waals surface area contributed by atoms with Crippen molar-refractivity contribution in [2.45, 2.75) is 43.3 Å². The molecule has 6 nitrogen and oxygen atoms in total.